The molecule has 2 aromatic carbocycles. The Hall–Kier alpha value is -3.87. The van der Waals surface area contributed by atoms with Gasteiger partial charge in [-0.1, -0.05) is 12.1 Å². The number of rotatable bonds is 9. The van der Waals surface area contributed by atoms with Gasteiger partial charge in [0.05, 0.1) is 7.11 Å². The zero-order valence-corrected chi connectivity index (χ0v) is 16.9. The first-order chi connectivity index (χ1) is 14.6. The number of anilines is 1. The maximum atomic E-state index is 12.3. The summed E-state index contributed by atoms with van der Waals surface area (Å²) < 4.78 is 16.6. The Morgan fingerprint density at radius 2 is 1.93 bits per heavy atom. The van der Waals surface area contributed by atoms with Crippen LogP contribution in [0.3, 0.4) is 0 Å². The van der Waals surface area contributed by atoms with Gasteiger partial charge in [-0.05, 0) is 60.9 Å². The number of aryl methyl sites for hydroxylation is 1. The molecule has 30 heavy (non-hydrogen) atoms. The Bertz CT molecular complexity index is 1020. The monoisotopic (exact) mass is 405 g/mol. The average molecular weight is 405 g/mol. The minimum Gasteiger partial charge on any atom is -0.493 e. The van der Waals surface area contributed by atoms with Crippen LogP contribution >= 0.6 is 0 Å². The van der Waals surface area contributed by atoms with Crippen molar-refractivity contribution in [1.29, 1.82) is 0 Å². The summed E-state index contributed by atoms with van der Waals surface area (Å²) in [6, 6.07) is 12.8. The molecule has 1 amide bonds. The molecular weight excluding hydrogens is 382 g/mol. The number of hydrogen-bond acceptors (Lipinski definition) is 6. The number of allylic oxidation sites excluding steroid dienone is 1. The third-order valence-corrected chi connectivity index (χ3v) is 4.19. The second-order valence-corrected chi connectivity index (χ2v) is 6.43. The van der Waals surface area contributed by atoms with E-state index in [-0.39, 0.29) is 18.5 Å². The van der Waals surface area contributed by atoms with E-state index in [1.165, 1.54) is 0 Å². The highest BCUT2D eigenvalue weighted by Crippen LogP contribution is 2.28. The smallest absolute Gasteiger partial charge is 0.321 e. The van der Waals surface area contributed by atoms with E-state index in [0.717, 1.165) is 17.5 Å². The number of amides is 1. The lowest BCUT2D eigenvalue weighted by molar-refractivity contribution is -0.118. The summed E-state index contributed by atoms with van der Waals surface area (Å²) in [6.07, 6.45) is 5.75. The van der Waals surface area contributed by atoms with E-state index in [2.05, 4.69) is 21.9 Å². The fraction of sp³-hybridized carbons (Fsp3) is 0.174. The van der Waals surface area contributed by atoms with Crippen molar-refractivity contribution in [2.45, 2.75) is 13.3 Å². The molecule has 0 saturated carbocycles. The van der Waals surface area contributed by atoms with E-state index in [9.17, 15) is 4.79 Å². The second-order valence-electron chi connectivity index (χ2n) is 6.43. The molecule has 0 bridgehead atoms. The fourth-order valence-electron chi connectivity index (χ4n) is 2.74. The van der Waals surface area contributed by atoms with Gasteiger partial charge in [0.2, 0.25) is 0 Å². The van der Waals surface area contributed by atoms with Crippen LogP contribution in [0.4, 0.5) is 5.69 Å². The van der Waals surface area contributed by atoms with Crippen LogP contribution in [-0.4, -0.2) is 29.6 Å². The molecule has 0 spiro atoms. The number of methoxy groups -OCH3 is 1. The van der Waals surface area contributed by atoms with Gasteiger partial charge in [-0.25, -0.2) is 9.97 Å². The molecule has 1 aromatic heterocycles. The zero-order valence-electron chi connectivity index (χ0n) is 16.9. The number of nitrogens with zero attached hydrogens (tertiary/aromatic N) is 2. The fourth-order valence-corrected chi connectivity index (χ4v) is 2.74. The van der Waals surface area contributed by atoms with Crippen LogP contribution in [0.25, 0.3) is 0 Å². The summed E-state index contributed by atoms with van der Waals surface area (Å²) in [5.74, 6) is 1.37. The van der Waals surface area contributed by atoms with Crippen molar-refractivity contribution in [2.75, 3.05) is 19.0 Å². The third-order valence-electron chi connectivity index (χ3n) is 4.19. The highest BCUT2D eigenvalue weighted by atomic mass is 16.5. The van der Waals surface area contributed by atoms with Gasteiger partial charge < -0.3 is 19.5 Å². The molecule has 3 aromatic rings. The van der Waals surface area contributed by atoms with Crippen LogP contribution in [0.1, 0.15) is 11.1 Å². The van der Waals surface area contributed by atoms with Gasteiger partial charge in [-0.15, -0.1) is 6.58 Å². The van der Waals surface area contributed by atoms with Crippen LogP contribution in [0.2, 0.25) is 0 Å². The molecule has 1 heterocycles. The summed E-state index contributed by atoms with van der Waals surface area (Å²) in [4.78, 5) is 20.4. The Morgan fingerprint density at radius 3 is 2.63 bits per heavy atom. The lowest BCUT2D eigenvalue weighted by atomic mass is 10.1. The highest BCUT2D eigenvalue weighted by molar-refractivity contribution is 5.92. The Balaban J connectivity index is 1.59. The molecular formula is C23H23N3O4. The summed E-state index contributed by atoms with van der Waals surface area (Å²) in [5.41, 5.74) is 2.55. The predicted molar refractivity (Wildman–Crippen MR) is 114 cm³/mol. The molecule has 0 aliphatic heterocycles. The first-order valence-corrected chi connectivity index (χ1v) is 9.35. The van der Waals surface area contributed by atoms with Gasteiger partial charge in [0.25, 0.3) is 5.91 Å². The van der Waals surface area contributed by atoms with Gasteiger partial charge >= 0.3 is 6.01 Å². The van der Waals surface area contributed by atoms with E-state index in [0.29, 0.717) is 22.9 Å². The van der Waals surface area contributed by atoms with Crippen LogP contribution in [0, 0.1) is 6.92 Å². The first-order valence-electron chi connectivity index (χ1n) is 9.35. The van der Waals surface area contributed by atoms with Crippen molar-refractivity contribution in [2.24, 2.45) is 0 Å². The molecule has 1 N–H and O–H groups in total. The lowest BCUT2D eigenvalue weighted by Gasteiger charge is -2.13. The van der Waals surface area contributed by atoms with E-state index < -0.39 is 0 Å². The molecule has 0 unspecified atom stereocenters. The molecule has 154 valence electrons. The Kier molecular flexibility index (Phi) is 7.00. The number of nitrogens with one attached hydrogen (secondary N) is 1. The number of aromatic nitrogens is 2. The largest absolute Gasteiger partial charge is 0.493 e. The molecule has 7 heteroatoms. The van der Waals surface area contributed by atoms with Gasteiger partial charge in [0.1, 0.15) is 5.75 Å². The van der Waals surface area contributed by atoms with Crippen LogP contribution < -0.4 is 19.5 Å². The number of carbonyl (C=O) groups excluding carboxylic acids is 1. The normalized spacial score (nSPS) is 10.2. The minimum absolute atomic E-state index is 0.146. The zero-order chi connectivity index (χ0) is 21.3. The highest BCUT2D eigenvalue weighted by Gasteiger charge is 2.11. The van der Waals surface area contributed by atoms with Crippen molar-refractivity contribution in [1.82, 2.24) is 9.97 Å². The minimum atomic E-state index is -0.282. The summed E-state index contributed by atoms with van der Waals surface area (Å²) in [6.45, 7) is 5.45. The quantitative estimate of drug-likeness (QED) is 0.534. The SMILES string of the molecule is C=CCc1ccc(OCC(=O)Nc2ccc(Oc3ncccn3)cc2C)c(OC)c1. The molecule has 0 aliphatic carbocycles. The lowest BCUT2D eigenvalue weighted by Crippen LogP contribution is -2.20. The second kappa shape index (κ2) is 10.1. The average Bonchev–Trinajstić information content (AvgIpc) is 2.75. The predicted octanol–water partition coefficient (Wildman–Crippen LogP) is 4.33. The summed E-state index contributed by atoms with van der Waals surface area (Å²) in [7, 11) is 1.56. The van der Waals surface area contributed by atoms with Crippen LogP contribution in [0.5, 0.6) is 23.3 Å². The number of carbonyl (C=O) groups is 1. The van der Waals surface area contributed by atoms with Crippen molar-refractivity contribution in [3.05, 3.63) is 78.6 Å². The molecule has 0 atom stereocenters. The maximum Gasteiger partial charge on any atom is 0.321 e. The third kappa shape index (κ3) is 5.57. The first kappa shape index (κ1) is 20.9. The van der Waals surface area contributed by atoms with Crippen LogP contribution in [-0.2, 0) is 11.2 Å². The summed E-state index contributed by atoms with van der Waals surface area (Å²) in [5, 5.41) is 2.84. The molecule has 0 aliphatic rings. The van der Waals surface area contributed by atoms with Crippen molar-refractivity contribution < 1.29 is 19.0 Å². The van der Waals surface area contributed by atoms with Gasteiger partial charge in [-0.2, -0.15) is 0 Å². The van der Waals surface area contributed by atoms with E-state index >= 15 is 0 Å². The molecule has 0 saturated heterocycles. The van der Waals surface area contributed by atoms with Gasteiger partial charge in [0.15, 0.2) is 18.1 Å². The maximum absolute atomic E-state index is 12.3. The standard InChI is InChI=1S/C23H23N3O4/c1-4-6-17-7-10-20(21(14-17)28-3)29-15-22(27)26-19-9-8-18(13-16(19)2)30-23-24-11-5-12-25-23/h4-5,7-14H,1,6,15H2,2-3H3,(H,26,27). The van der Waals surface area contributed by atoms with Crippen molar-refractivity contribution in [3.63, 3.8) is 0 Å². The number of ether oxygens (including phenoxy) is 3. The molecule has 3 rings (SSSR count). The number of benzene rings is 2. The molecule has 7 nitrogen and oxygen atoms in total. The summed E-state index contributed by atoms with van der Waals surface area (Å²) >= 11 is 0. The topological polar surface area (TPSA) is 82.6 Å². The Labute approximate surface area is 175 Å². The number of hydrogen-bond donors (Lipinski definition) is 1. The van der Waals surface area contributed by atoms with E-state index in [1.54, 1.807) is 49.8 Å². The van der Waals surface area contributed by atoms with Gasteiger partial charge in [0, 0.05) is 18.1 Å². The molecule has 0 radical (unpaired) electrons. The molecule has 0 fully saturated rings. The van der Waals surface area contributed by atoms with E-state index in [4.69, 9.17) is 14.2 Å². The van der Waals surface area contributed by atoms with Gasteiger partial charge in [-0.3, -0.25) is 4.79 Å². The van der Waals surface area contributed by atoms with Crippen molar-refractivity contribution in [3.8, 4) is 23.3 Å². The van der Waals surface area contributed by atoms with E-state index in [1.807, 2.05) is 25.1 Å². The Morgan fingerprint density at radius 1 is 1.13 bits per heavy atom. The van der Waals surface area contributed by atoms with Crippen LogP contribution in [0.15, 0.2) is 67.5 Å². The van der Waals surface area contributed by atoms with Crippen molar-refractivity contribution >= 4 is 11.6 Å².